The van der Waals surface area contributed by atoms with E-state index in [1.807, 2.05) is 12.3 Å². The van der Waals surface area contributed by atoms with Crippen molar-refractivity contribution in [2.24, 2.45) is 5.92 Å². The fourth-order valence-electron chi connectivity index (χ4n) is 5.80. The van der Waals surface area contributed by atoms with E-state index in [9.17, 15) is 14.7 Å². The molecule has 1 saturated carbocycles. The summed E-state index contributed by atoms with van der Waals surface area (Å²) < 4.78 is 7.33. The van der Waals surface area contributed by atoms with Crippen LogP contribution in [0, 0.1) is 5.92 Å². The maximum Gasteiger partial charge on any atom is 0.409 e. The van der Waals surface area contributed by atoms with E-state index >= 15 is 0 Å². The number of carbonyl (C=O) groups is 2. The molecule has 1 aromatic carbocycles. The van der Waals surface area contributed by atoms with Gasteiger partial charge in [-0.1, -0.05) is 12.1 Å². The smallest absolute Gasteiger partial charge is 0.409 e. The third-order valence-electron chi connectivity index (χ3n) is 7.66. The van der Waals surface area contributed by atoms with Crippen LogP contribution in [0.5, 0.6) is 0 Å². The van der Waals surface area contributed by atoms with Gasteiger partial charge in [0, 0.05) is 36.5 Å². The largest absolute Gasteiger partial charge is 0.481 e. The van der Waals surface area contributed by atoms with Gasteiger partial charge in [0.15, 0.2) is 0 Å². The lowest BCUT2D eigenvalue weighted by Gasteiger charge is -2.28. The van der Waals surface area contributed by atoms with E-state index in [-0.39, 0.29) is 24.0 Å². The number of fused-ring (bicyclic) bond motifs is 3. The Labute approximate surface area is 204 Å². The SMILES string of the molecule is COC(=O)N1CCc2ccc3c(nc(C4CCC(C(=O)O)CC4)n3[C@H](C)Cc3cccnc3)c2C1. The molecule has 1 fully saturated rings. The highest BCUT2D eigenvalue weighted by Gasteiger charge is 2.32. The van der Waals surface area contributed by atoms with Gasteiger partial charge in [-0.15, -0.1) is 0 Å². The number of benzene rings is 1. The Morgan fingerprint density at radius 1 is 1.20 bits per heavy atom. The summed E-state index contributed by atoms with van der Waals surface area (Å²) in [6.07, 6.45) is 7.95. The number of hydrogen-bond acceptors (Lipinski definition) is 5. The first kappa shape index (κ1) is 23.3. The normalized spacial score (nSPS) is 20.9. The molecule has 8 nitrogen and oxygen atoms in total. The molecule has 1 aliphatic heterocycles. The molecule has 184 valence electrons. The van der Waals surface area contributed by atoms with Crippen LogP contribution in [0.3, 0.4) is 0 Å². The summed E-state index contributed by atoms with van der Waals surface area (Å²) in [6, 6.07) is 8.54. The molecular formula is C27H32N4O4. The van der Waals surface area contributed by atoms with Gasteiger partial charge in [-0.3, -0.25) is 9.78 Å². The molecule has 5 rings (SSSR count). The summed E-state index contributed by atoms with van der Waals surface area (Å²) in [6.45, 7) is 3.33. The predicted octanol–water partition coefficient (Wildman–Crippen LogP) is 4.72. The Bertz CT molecular complexity index is 1230. The number of pyridine rings is 1. The van der Waals surface area contributed by atoms with Gasteiger partial charge in [-0.05, 0) is 68.7 Å². The van der Waals surface area contributed by atoms with Crippen LogP contribution < -0.4 is 0 Å². The summed E-state index contributed by atoms with van der Waals surface area (Å²) in [5.41, 5.74) is 5.50. The summed E-state index contributed by atoms with van der Waals surface area (Å²) in [5, 5.41) is 9.47. The fraction of sp³-hybridized carbons (Fsp3) is 0.481. The third-order valence-corrected chi connectivity index (χ3v) is 7.66. The number of methoxy groups -OCH3 is 1. The average molecular weight is 477 g/mol. The molecule has 1 atom stereocenters. The van der Waals surface area contributed by atoms with Crippen molar-refractivity contribution in [2.75, 3.05) is 13.7 Å². The van der Waals surface area contributed by atoms with E-state index in [4.69, 9.17) is 9.72 Å². The number of carboxylic acids is 1. The van der Waals surface area contributed by atoms with Crippen LogP contribution in [0.25, 0.3) is 11.0 Å². The molecule has 0 saturated heterocycles. The number of rotatable bonds is 5. The van der Waals surface area contributed by atoms with Crippen molar-refractivity contribution < 1.29 is 19.4 Å². The van der Waals surface area contributed by atoms with Crippen molar-refractivity contribution >= 4 is 23.1 Å². The second kappa shape index (κ2) is 9.68. The van der Waals surface area contributed by atoms with Gasteiger partial charge in [0.25, 0.3) is 0 Å². The lowest BCUT2D eigenvalue weighted by molar-refractivity contribution is -0.142. The van der Waals surface area contributed by atoms with Crippen LogP contribution in [-0.4, -0.2) is 50.3 Å². The molecule has 1 amide bonds. The zero-order valence-electron chi connectivity index (χ0n) is 20.3. The maximum absolute atomic E-state index is 12.3. The van der Waals surface area contributed by atoms with E-state index in [1.54, 1.807) is 11.1 Å². The monoisotopic (exact) mass is 476 g/mol. The number of imidazole rings is 1. The van der Waals surface area contributed by atoms with Gasteiger partial charge in [-0.25, -0.2) is 9.78 Å². The number of amides is 1. The molecule has 1 aliphatic carbocycles. The minimum atomic E-state index is -0.695. The van der Waals surface area contributed by atoms with Crippen LogP contribution in [0.2, 0.25) is 0 Å². The number of carbonyl (C=O) groups excluding carboxylic acids is 1. The molecule has 0 unspecified atom stereocenters. The lowest BCUT2D eigenvalue weighted by Crippen LogP contribution is -2.35. The quantitative estimate of drug-likeness (QED) is 0.572. The first-order valence-electron chi connectivity index (χ1n) is 12.4. The third kappa shape index (κ3) is 4.49. The van der Waals surface area contributed by atoms with Crippen LogP contribution in [0.1, 0.15) is 67.1 Å². The number of nitrogens with zero attached hydrogens (tertiary/aromatic N) is 4. The molecule has 0 spiro atoms. The van der Waals surface area contributed by atoms with Crippen LogP contribution >= 0.6 is 0 Å². The minimum absolute atomic E-state index is 0.148. The van der Waals surface area contributed by atoms with E-state index in [1.165, 1.54) is 12.7 Å². The highest BCUT2D eigenvalue weighted by atomic mass is 16.5. The van der Waals surface area contributed by atoms with Crippen molar-refractivity contribution in [3.63, 3.8) is 0 Å². The molecule has 1 N–H and O–H groups in total. The Morgan fingerprint density at radius 3 is 2.69 bits per heavy atom. The summed E-state index contributed by atoms with van der Waals surface area (Å²) in [7, 11) is 1.42. The molecule has 2 aromatic heterocycles. The van der Waals surface area contributed by atoms with Crippen molar-refractivity contribution in [3.8, 4) is 0 Å². The van der Waals surface area contributed by atoms with E-state index < -0.39 is 5.97 Å². The van der Waals surface area contributed by atoms with Gasteiger partial charge in [0.1, 0.15) is 5.82 Å². The summed E-state index contributed by atoms with van der Waals surface area (Å²) in [4.78, 5) is 35.0. The van der Waals surface area contributed by atoms with Gasteiger partial charge in [0.05, 0.1) is 30.6 Å². The lowest BCUT2D eigenvalue weighted by atomic mass is 9.81. The highest BCUT2D eigenvalue weighted by Crippen LogP contribution is 2.40. The Kier molecular flexibility index (Phi) is 6.45. The first-order chi connectivity index (χ1) is 17.0. The first-order valence-corrected chi connectivity index (χ1v) is 12.4. The van der Waals surface area contributed by atoms with Crippen LogP contribution in [0.4, 0.5) is 4.79 Å². The number of aliphatic carboxylic acids is 1. The van der Waals surface area contributed by atoms with Gasteiger partial charge in [0.2, 0.25) is 0 Å². The topological polar surface area (TPSA) is 97.5 Å². The predicted molar refractivity (Wildman–Crippen MR) is 131 cm³/mol. The summed E-state index contributed by atoms with van der Waals surface area (Å²) in [5.74, 6) is 0.284. The van der Waals surface area contributed by atoms with Crippen molar-refractivity contribution in [2.45, 2.75) is 64.0 Å². The fourth-order valence-corrected chi connectivity index (χ4v) is 5.80. The average Bonchev–Trinajstić information content (AvgIpc) is 3.29. The molecule has 0 bridgehead atoms. The number of ether oxygens (including phenoxy) is 1. The Morgan fingerprint density at radius 2 is 2.00 bits per heavy atom. The zero-order valence-corrected chi connectivity index (χ0v) is 20.3. The van der Waals surface area contributed by atoms with Crippen molar-refractivity contribution in [1.82, 2.24) is 19.4 Å². The standard InChI is InChI=1S/C27H32N4O4/c1-17(14-18-4-3-12-28-15-18)31-23-10-9-19-11-13-30(27(34)35-2)16-22(19)24(23)29-25(31)20-5-7-21(8-6-20)26(32)33/h3-4,9-10,12,15,17,20-21H,5-8,11,13-14,16H2,1-2H3,(H,32,33)/t17-,20?,21?/m1/s1. The van der Waals surface area contributed by atoms with Gasteiger partial charge >= 0.3 is 12.1 Å². The zero-order chi connectivity index (χ0) is 24.5. The van der Waals surface area contributed by atoms with E-state index in [0.717, 1.165) is 53.7 Å². The van der Waals surface area contributed by atoms with Crippen molar-refractivity contribution in [3.05, 3.63) is 59.2 Å². The molecule has 3 heterocycles. The second-order valence-electron chi connectivity index (χ2n) is 9.85. The number of aromatic nitrogens is 3. The van der Waals surface area contributed by atoms with E-state index in [2.05, 4.69) is 34.7 Å². The molecule has 2 aliphatic rings. The highest BCUT2D eigenvalue weighted by molar-refractivity contribution is 5.82. The molecule has 8 heteroatoms. The molecule has 0 radical (unpaired) electrons. The van der Waals surface area contributed by atoms with Crippen LogP contribution in [0.15, 0.2) is 36.7 Å². The minimum Gasteiger partial charge on any atom is -0.481 e. The van der Waals surface area contributed by atoms with E-state index in [0.29, 0.717) is 25.9 Å². The van der Waals surface area contributed by atoms with Gasteiger partial charge < -0.3 is 19.3 Å². The molecule has 35 heavy (non-hydrogen) atoms. The maximum atomic E-state index is 12.3. The van der Waals surface area contributed by atoms with Gasteiger partial charge in [-0.2, -0.15) is 0 Å². The Hall–Kier alpha value is -3.42. The van der Waals surface area contributed by atoms with Crippen molar-refractivity contribution in [1.29, 1.82) is 0 Å². The number of carboxylic acid groups (broad SMARTS) is 1. The molecular weight excluding hydrogens is 444 g/mol. The second-order valence-corrected chi connectivity index (χ2v) is 9.85. The Balaban J connectivity index is 1.56. The molecule has 3 aromatic rings. The number of hydrogen-bond donors (Lipinski definition) is 1. The van der Waals surface area contributed by atoms with Crippen LogP contribution in [-0.2, 0) is 28.9 Å². The summed E-state index contributed by atoms with van der Waals surface area (Å²) >= 11 is 0.